The first kappa shape index (κ1) is 33.3. The largest absolute Gasteiger partial charge is 0.469 e. The summed E-state index contributed by atoms with van der Waals surface area (Å²) in [5.41, 5.74) is 0.930. The first-order valence-corrected chi connectivity index (χ1v) is 17.0. The van der Waals surface area contributed by atoms with E-state index in [1.54, 1.807) is 34.9 Å². The van der Waals surface area contributed by atoms with Crippen LogP contribution in [0.2, 0.25) is 0 Å². The van der Waals surface area contributed by atoms with Crippen molar-refractivity contribution in [2.24, 2.45) is 5.92 Å². The minimum absolute atomic E-state index is 0.0899. The lowest BCUT2D eigenvalue weighted by Gasteiger charge is -2.30. The van der Waals surface area contributed by atoms with Crippen molar-refractivity contribution in [2.45, 2.75) is 83.2 Å². The van der Waals surface area contributed by atoms with Gasteiger partial charge in [-0.1, -0.05) is 58.0 Å². The van der Waals surface area contributed by atoms with E-state index >= 15 is 0 Å². The van der Waals surface area contributed by atoms with Crippen LogP contribution in [0.5, 0.6) is 5.75 Å². The van der Waals surface area contributed by atoms with E-state index in [9.17, 15) is 19.5 Å². The van der Waals surface area contributed by atoms with E-state index in [0.29, 0.717) is 17.3 Å². The summed E-state index contributed by atoms with van der Waals surface area (Å²) >= 11 is 0. The number of rotatable bonds is 7. The number of fused-ring (bicyclic) bond motifs is 4. The van der Waals surface area contributed by atoms with E-state index < -0.39 is 41.1 Å². The van der Waals surface area contributed by atoms with Gasteiger partial charge < -0.3 is 39.5 Å². The van der Waals surface area contributed by atoms with Crippen LogP contribution < -0.4 is 20.7 Å². The monoisotopic (exact) mass is 682 g/mol. The number of aryl methyl sites for hydroxylation is 1. The SMILES string of the molecule is CCC(O)(CC)C(=O)N[C@H]1Cc2ccc3c(c2)C2(c4ccccc4NC2O3)c2oc(nc2-c2nc(C(=O)N(C)C)c(C)o2)[C@H](C(C)C)NC1=O. The molecular formula is C37H42N6O7. The van der Waals surface area contributed by atoms with Crippen LogP contribution in [0, 0.1) is 12.8 Å². The minimum Gasteiger partial charge on any atom is -0.469 e. The molecule has 3 amide bonds. The molecule has 0 fully saturated rings. The fraction of sp³-hybridized carbons (Fsp3) is 0.432. The number of aromatic nitrogens is 2. The van der Waals surface area contributed by atoms with Gasteiger partial charge in [-0.25, -0.2) is 9.97 Å². The molecule has 1 spiro atoms. The molecule has 4 N–H and O–H groups in total. The van der Waals surface area contributed by atoms with Gasteiger partial charge >= 0.3 is 0 Å². The highest BCUT2D eigenvalue weighted by molar-refractivity contribution is 5.93. The molecule has 7 rings (SSSR count). The molecule has 3 aliphatic rings. The number of nitrogens with zero attached hydrogens (tertiary/aromatic N) is 3. The lowest BCUT2D eigenvalue weighted by Crippen LogP contribution is -2.55. The summed E-state index contributed by atoms with van der Waals surface area (Å²) in [7, 11) is 3.28. The van der Waals surface area contributed by atoms with E-state index in [4.69, 9.17) is 18.6 Å². The third-order valence-electron chi connectivity index (χ3n) is 10.2. The molecule has 13 heteroatoms. The second kappa shape index (κ2) is 12.0. The van der Waals surface area contributed by atoms with Crippen molar-refractivity contribution in [1.29, 1.82) is 0 Å². The van der Waals surface area contributed by atoms with Gasteiger partial charge in [0.15, 0.2) is 23.4 Å². The Bertz CT molecular complexity index is 2010. The third kappa shape index (κ3) is 4.97. The predicted octanol–water partition coefficient (Wildman–Crippen LogP) is 4.22. The number of nitrogens with one attached hydrogen (secondary N) is 3. The number of carbonyl (C=O) groups is 3. The molecule has 4 bridgehead atoms. The number of para-hydroxylation sites is 1. The van der Waals surface area contributed by atoms with Gasteiger partial charge in [0.1, 0.15) is 34.6 Å². The Kier molecular flexibility index (Phi) is 8.00. The molecule has 0 radical (unpaired) electrons. The highest BCUT2D eigenvalue weighted by Crippen LogP contribution is 2.59. The Morgan fingerprint density at radius 3 is 2.52 bits per heavy atom. The molecule has 3 aliphatic heterocycles. The van der Waals surface area contributed by atoms with Crippen molar-refractivity contribution >= 4 is 23.4 Å². The summed E-state index contributed by atoms with van der Waals surface area (Å²) in [6.07, 6.45) is -0.134. The molecular weight excluding hydrogens is 640 g/mol. The van der Waals surface area contributed by atoms with Crippen molar-refractivity contribution < 1.29 is 33.1 Å². The zero-order chi connectivity index (χ0) is 35.7. The fourth-order valence-corrected chi connectivity index (χ4v) is 7.22. The smallest absolute Gasteiger partial charge is 0.275 e. The summed E-state index contributed by atoms with van der Waals surface area (Å²) in [4.78, 5) is 51.7. The average Bonchev–Trinajstić information content (AvgIpc) is 3.85. The molecule has 13 nitrogen and oxygen atoms in total. The van der Waals surface area contributed by atoms with Crippen LogP contribution in [-0.2, 0) is 21.4 Å². The van der Waals surface area contributed by atoms with Gasteiger partial charge in [-0.3, -0.25) is 14.4 Å². The Balaban J connectivity index is 1.48. The minimum atomic E-state index is -1.63. The first-order chi connectivity index (χ1) is 23.8. The summed E-state index contributed by atoms with van der Waals surface area (Å²) in [5.74, 6) is -0.0205. The maximum atomic E-state index is 14.1. The molecule has 2 aromatic heterocycles. The number of benzene rings is 2. The van der Waals surface area contributed by atoms with Crippen LogP contribution in [0.3, 0.4) is 0 Å². The summed E-state index contributed by atoms with van der Waals surface area (Å²) in [5, 5.41) is 20.5. The lowest BCUT2D eigenvalue weighted by atomic mass is 9.72. The van der Waals surface area contributed by atoms with E-state index in [0.717, 1.165) is 22.4 Å². The third-order valence-corrected chi connectivity index (χ3v) is 10.2. The van der Waals surface area contributed by atoms with Gasteiger partial charge in [0, 0.05) is 31.8 Å². The Labute approximate surface area is 289 Å². The molecule has 50 heavy (non-hydrogen) atoms. The number of oxazole rings is 2. The number of anilines is 1. The second-order valence-electron chi connectivity index (χ2n) is 13.9. The van der Waals surface area contributed by atoms with Crippen LogP contribution in [-0.4, -0.2) is 69.7 Å². The quantitative estimate of drug-likeness (QED) is 0.221. The van der Waals surface area contributed by atoms with Crippen LogP contribution in [0.1, 0.15) is 91.2 Å². The molecule has 0 saturated heterocycles. The maximum Gasteiger partial charge on any atom is 0.275 e. The zero-order valence-corrected chi connectivity index (χ0v) is 29.2. The van der Waals surface area contributed by atoms with Crippen molar-refractivity contribution in [2.75, 3.05) is 19.4 Å². The number of hydrogen-bond donors (Lipinski definition) is 4. The second-order valence-corrected chi connectivity index (χ2v) is 13.9. The molecule has 4 atom stereocenters. The first-order valence-electron chi connectivity index (χ1n) is 17.0. The van der Waals surface area contributed by atoms with E-state index in [-0.39, 0.29) is 54.3 Å². The predicted molar refractivity (Wildman–Crippen MR) is 182 cm³/mol. The lowest BCUT2D eigenvalue weighted by molar-refractivity contribution is -0.143. The van der Waals surface area contributed by atoms with Crippen molar-refractivity contribution in [3.63, 3.8) is 0 Å². The highest BCUT2D eigenvalue weighted by atomic mass is 16.5. The van der Waals surface area contributed by atoms with Gasteiger partial charge in [0.05, 0.1) is 0 Å². The van der Waals surface area contributed by atoms with Crippen molar-refractivity contribution in [1.82, 2.24) is 25.5 Å². The zero-order valence-electron chi connectivity index (χ0n) is 29.2. The summed E-state index contributed by atoms with van der Waals surface area (Å²) in [6, 6.07) is 11.8. The Hall–Kier alpha value is -5.17. The van der Waals surface area contributed by atoms with Crippen LogP contribution in [0.15, 0.2) is 51.3 Å². The number of ether oxygens (including phenoxy) is 1. The fourth-order valence-electron chi connectivity index (χ4n) is 7.22. The Morgan fingerprint density at radius 1 is 1.08 bits per heavy atom. The highest BCUT2D eigenvalue weighted by Gasteiger charge is 2.61. The molecule has 0 saturated carbocycles. The van der Waals surface area contributed by atoms with Crippen molar-refractivity contribution in [3.05, 3.63) is 82.3 Å². The standard InChI is InChI=1S/C37H42N6O7/c1-8-36(47,9-2)34(46)38-24-17-20-14-15-25-22(16-20)37(21-12-10-11-13-23(21)39-35(37)49-25)29-28(32-41-27(19(5)48-32)33(45)43(6)7)42-31(50-29)26(18(3)4)40-30(24)44/h10-16,18,24,26,35,39,47H,8-9,17H2,1-7H3,(H,38,46)(H,40,44)/t24-,26-,35?,37?/m0/s1. The molecule has 4 aromatic rings. The van der Waals surface area contributed by atoms with Gasteiger partial charge in [-0.15, -0.1) is 0 Å². The number of carbonyl (C=O) groups excluding carboxylic acids is 3. The normalized spacial score (nSPS) is 22.0. The number of aliphatic hydroxyl groups is 1. The van der Waals surface area contributed by atoms with E-state index in [1.807, 2.05) is 56.3 Å². The van der Waals surface area contributed by atoms with E-state index in [2.05, 4.69) is 20.9 Å². The van der Waals surface area contributed by atoms with Gasteiger partial charge in [-0.05, 0) is 48.9 Å². The summed E-state index contributed by atoms with van der Waals surface area (Å²) < 4.78 is 19.6. The summed E-state index contributed by atoms with van der Waals surface area (Å²) in [6.45, 7) is 8.99. The topological polar surface area (TPSA) is 172 Å². The molecule has 0 aliphatic carbocycles. The average molecular weight is 683 g/mol. The molecule has 2 aromatic carbocycles. The molecule has 262 valence electrons. The van der Waals surface area contributed by atoms with Gasteiger partial charge in [0.25, 0.3) is 11.8 Å². The van der Waals surface area contributed by atoms with E-state index in [1.165, 1.54) is 4.90 Å². The number of amides is 3. The van der Waals surface area contributed by atoms with Gasteiger partial charge in [-0.2, -0.15) is 0 Å². The molecule has 2 unspecified atom stereocenters. The maximum absolute atomic E-state index is 14.1. The Morgan fingerprint density at radius 2 is 1.82 bits per heavy atom. The molecule has 5 heterocycles. The van der Waals surface area contributed by atoms with Crippen molar-refractivity contribution in [3.8, 4) is 17.3 Å². The van der Waals surface area contributed by atoms with Gasteiger partial charge in [0.2, 0.25) is 17.7 Å². The van der Waals surface area contributed by atoms with Crippen LogP contribution >= 0.6 is 0 Å². The van der Waals surface area contributed by atoms with Crippen LogP contribution in [0.25, 0.3) is 11.6 Å². The van der Waals surface area contributed by atoms with Crippen LogP contribution in [0.4, 0.5) is 5.69 Å². The number of hydrogen-bond acceptors (Lipinski definition) is 10.